The Hall–Kier alpha value is -1.85. The molecule has 0 aliphatic heterocycles. The Morgan fingerprint density at radius 3 is 3.00 bits per heavy atom. The van der Waals surface area contributed by atoms with Crippen LogP contribution in [0.2, 0.25) is 0 Å². The molecule has 1 fully saturated rings. The summed E-state index contributed by atoms with van der Waals surface area (Å²) in [6.45, 7) is 5.22. The fraction of sp³-hybridized carbons (Fsp3) is 0.667. The highest BCUT2D eigenvalue weighted by Crippen LogP contribution is 2.30. The second kappa shape index (κ2) is 6.28. The fourth-order valence-corrected chi connectivity index (χ4v) is 2.81. The first kappa shape index (κ1) is 14.1. The standard InChI is InChI=1S/C15H23N5O/c1-3-8-16-15-18-13-11(9-17-20-13)14(19-15)21-12-7-5-4-6-10(12)2/h9-10,12H,3-8H2,1-2H3,(H2,16,17,18,19,20). The minimum absolute atomic E-state index is 0.241. The predicted molar refractivity (Wildman–Crippen MR) is 82.5 cm³/mol. The van der Waals surface area contributed by atoms with Gasteiger partial charge >= 0.3 is 0 Å². The lowest BCUT2D eigenvalue weighted by Crippen LogP contribution is -2.28. The molecule has 21 heavy (non-hydrogen) atoms. The van der Waals surface area contributed by atoms with E-state index in [9.17, 15) is 0 Å². The number of hydrogen-bond donors (Lipinski definition) is 2. The van der Waals surface area contributed by atoms with E-state index in [2.05, 4.69) is 39.3 Å². The third kappa shape index (κ3) is 3.09. The SMILES string of the molecule is CCCNc1nc(OC2CCCCC2C)c2cn[nH]c2n1. The molecule has 2 atom stereocenters. The molecule has 6 heteroatoms. The topological polar surface area (TPSA) is 75.7 Å². The van der Waals surface area contributed by atoms with E-state index in [-0.39, 0.29) is 6.10 Å². The minimum atomic E-state index is 0.241. The highest BCUT2D eigenvalue weighted by Gasteiger charge is 2.24. The van der Waals surface area contributed by atoms with Crippen molar-refractivity contribution in [2.45, 2.75) is 52.1 Å². The Morgan fingerprint density at radius 1 is 1.33 bits per heavy atom. The quantitative estimate of drug-likeness (QED) is 0.884. The highest BCUT2D eigenvalue weighted by atomic mass is 16.5. The van der Waals surface area contributed by atoms with Crippen LogP contribution in [0, 0.1) is 5.92 Å². The molecule has 114 valence electrons. The Kier molecular flexibility index (Phi) is 4.22. The summed E-state index contributed by atoms with van der Waals surface area (Å²) in [7, 11) is 0. The Bertz CT molecular complexity index is 597. The van der Waals surface area contributed by atoms with E-state index in [1.165, 1.54) is 19.3 Å². The van der Waals surface area contributed by atoms with Crippen LogP contribution in [0.3, 0.4) is 0 Å². The van der Waals surface area contributed by atoms with Crippen molar-refractivity contribution in [1.29, 1.82) is 0 Å². The molecule has 3 rings (SSSR count). The van der Waals surface area contributed by atoms with Crippen LogP contribution in [0.15, 0.2) is 6.20 Å². The van der Waals surface area contributed by atoms with Gasteiger partial charge in [0.15, 0.2) is 5.65 Å². The first-order valence-corrected chi connectivity index (χ1v) is 7.89. The second-order valence-corrected chi connectivity index (χ2v) is 5.83. The van der Waals surface area contributed by atoms with Gasteiger partial charge in [-0.05, 0) is 31.6 Å². The van der Waals surface area contributed by atoms with E-state index in [4.69, 9.17) is 4.74 Å². The van der Waals surface area contributed by atoms with Crippen molar-refractivity contribution < 1.29 is 4.74 Å². The summed E-state index contributed by atoms with van der Waals surface area (Å²) >= 11 is 0. The van der Waals surface area contributed by atoms with Crippen molar-refractivity contribution in [1.82, 2.24) is 20.2 Å². The van der Waals surface area contributed by atoms with Crippen molar-refractivity contribution in [2.75, 3.05) is 11.9 Å². The third-order valence-electron chi connectivity index (χ3n) is 4.10. The number of fused-ring (bicyclic) bond motifs is 1. The van der Waals surface area contributed by atoms with E-state index in [0.717, 1.165) is 30.4 Å². The van der Waals surface area contributed by atoms with Gasteiger partial charge in [-0.1, -0.05) is 20.3 Å². The molecular weight excluding hydrogens is 266 g/mol. The van der Waals surface area contributed by atoms with Gasteiger partial charge in [-0.3, -0.25) is 5.10 Å². The lowest BCUT2D eigenvalue weighted by molar-refractivity contribution is 0.0994. The van der Waals surface area contributed by atoms with E-state index in [1.807, 2.05) is 0 Å². The number of aromatic nitrogens is 4. The highest BCUT2D eigenvalue weighted by molar-refractivity contribution is 5.80. The van der Waals surface area contributed by atoms with Gasteiger partial charge in [0.1, 0.15) is 11.5 Å². The molecule has 1 aliphatic rings. The molecule has 0 bridgehead atoms. The van der Waals surface area contributed by atoms with Crippen LogP contribution >= 0.6 is 0 Å². The number of ether oxygens (including phenoxy) is 1. The number of nitrogens with zero attached hydrogens (tertiary/aromatic N) is 3. The molecule has 2 aromatic heterocycles. The molecule has 0 aromatic carbocycles. The summed E-state index contributed by atoms with van der Waals surface area (Å²) in [5, 5.41) is 11.0. The first-order chi connectivity index (χ1) is 10.3. The Labute approximate surface area is 124 Å². The maximum Gasteiger partial charge on any atom is 0.229 e. The molecule has 2 heterocycles. The maximum atomic E-state index is 6.21. The Balaban J connectivity index is 1.86. The molecule has 0 saturated heterocycles. The summed E-state index contributed by atoms with van der Waals surface area (Å²) in [6, 6.07) is 0. The zero-order valence-corrected chi connectivity index (χ0v) is 12.7. The van der Waals surface area contributed by atoms with E-state index >= 15 is 0 Å². The number of aromatic amines is 1. The van der Waals surface area contributed by atoms with Crippen LogP contribution in [0.5, 0.6) is 5.88 Å². The van der Waals surface area contributed by atoms with Crippen LogP contribution in [-0.2, 0) is 0 Å². The fourth-order valence-electron chi connectivity index (χ4n) is 2.81. The largest absolute Gasteiger partial charge is 0.473 e. The molecule has 2 aromatic rings. The van der Waals surface area contributed by atoms with Gasteiger partial charge in [-0.15, -0.1) is 0 Å². The van der Waals surface area contributed by atoms with Crippen molar-refractivity contribution in [3.05, 3.63) is 6.20 Å². The monoisotopic (exact) mass is 289 g/mol. The molecule has 2 unspecified atom stereocenters. The predicted octanol–water partition coefficient (Wildman–Crippen LogP) is 3.13. The molecule has 1 aliphatic carbocycles. The number of rotatable bonds is 5. The van der Waals surface area contributed by atoms with Gasteiger partial charge in [0, 0.05) is 6.54 Å². The molecule has 1 saturated carbocycles. The van der Waals surface area contributed by atoms with Crippen molar-refractivity contribution >= 4 is 17.0 Å². The van der Waals surface area contributed by atoms with Gasteiger partial charge < -0.3 is 10.1 Å². The van der Waals surface area contributed by atoms with Gasteiger partial charge in [0.25, 0.3) is 0 Å². The van der Waals surface area contributed by atoms with Crippen molar-refractivity contribution in [2.24, 2.45) is 5.92 Å². The van der Waals surface area contributed by atoms with E-state index < -0.39 is 0 Å². The maximum absolute atomic E-state index is 6.21. The van der Waals surface area contributed by atoms with Gasteiger partial charge in [0.05, 0.1) is 6.20 Å². The minimum Gasteiger partial charge on any atom is -0.473 e. The number of nitrogens with one attached hydrogen (secondary N) is 2. The van der Waals surface area contributed by atoms with Crippen molar-refractivity contribution in [3.63, 3.8) is 0 Å². The van der Waals surface area contributed by atoms with E-state index in [1.54, 1.807) is 6.20 Å². The molecule has 6 nitrogen and oxygen atoms in total. The molecular formula is C15H23N5O. The zero-order valence-electron chi connectivity index (χ0n) is 12.7. The summed E-state index contributed by atoms with van der Waals surface area (Å²) in [4.78, 5) is 8.96. The number of hydrogen-bond acceptors (Lipinski definition) is 5. The number of anilines is 1. The normalized spacial score (nSPS) is 22.4. The lowest BCUT2D eigenvalue weighted by atomic mass is 9.88. The first-order valence-electron chi connectivity index (χ1n) is 7.89. The average molecular weight is 289 g/mol. The molecule has 0 spiro atoms. The van der Waals surface area contributed by atoms with Crippen LogP contribution in [0.4, 0.5) is 5.95 Å². The van der Waals surface area contributed by atoms with Gasteiger partial charge in [-0.2, -0.15) is 15.1 Å². The van der Waals surface area contributed by atoms with Gasteiger partial charge in [0.2, 0.25) is 11.8 Å². The van der Waals surface area contributed by atoms with Crippen LogP contribution < -0.4 is 10.1 Å². The zero-order chi connectivity index (χ0) is 14.7. The second-order valence-electron chi connectivity index (χ2n) is 5.83. The molecule has 0 radical (unpaired) electrons. The van der Waals surface area contributed by atoms with Crippen LogP contribution in [-0.4, -0.2) is 32.8 Å². The van der Waals surface area contributed by atoms with Crippen molar-refractivity contribution in [3.8, 4) is 5.88 Å². The summed E-state index contributed by atoms with van der Waals surface area (Å²) < 4.78 is 6.21. The van der Waals surface area contributed by atoms with Crippen LogP contribution in [0.25, 0.3) is 11.0 Å². The summed E-state index contributed by atoms with van der Waals surface area (Å²) in [5.41, 5.74) is 0.724. The Morgan fingerprint density at radius 2 is 2.19 bits per heavy atom. The molecule has 0 amide bonds. The van der Waals surface area contributed by atoms with E-state index in [0.29, 0.717) is 17.7 Å². The van der Waals surface area contributed by atoms with Crippen LogP contribution in [0.1, 0.15) is 46.0 Å². The summed E-state index contributed by atoms with van der Waals surface area (Å²) in [5.74, 6) is 1.82. The summed E-state index contributed by atoms with van der Waals surface area (Å²) in [6.07, 6.45) is 7.87. The number of H-pyrrole nitrogens is 1. The lowest BCUT2D eigenvalue weighted by Gasteiger charge is -2.29. The smallest absolute Gasteiger partial charge is 0.229 e. The molecule has 2 N–H and O–H groups in total. The van der Waals surface area contributed by atoms with Gasteiger partial charge in [-0.25, -0.2) is 0 Å². The third-order valence-corrected chi connectivity index (χ3v) is 4.10. The average Bonchev–Trinajstić information content (AvgIpc) is 2.96.